The van der Waals surface area contributed by atoms with Crippen molar-refractivity contribution < 1.29 is 38.1 Å². The summed E-state index contributed by atoms with van der Waals surface area (Å²) in [4.78, 5) is 51.3. The minimum atomic E-state index is -1.34. The first-order chi connectivity index (χ1) is 14.1. The van der Waals surface area contributed by atoms with Crippen molar-refractivity contribution in [3.63, 3.8) is 0 Å². The Morgan fingerprint density at radius 3 is 2.53 bits per heavy atom. The lowest BCUT2D eigenvalue weighted by molar-refractivity contribution is -0.174. The molecule has 4 aliphatic carbocycles. The van der Waals surface area contributed by atoms with Crippen molar-refractivity contribution in [2.45, 2.75) is 69.2 Å². The van der Waals surface area contributed by atoms with Crippen LogP contribution in [0.1, 0.15) is 52.4 Å². The van der Waals surface area contributed by atoms with Crippen LogP contribution in [0.2, 0.25) is 0 Å². The Kier molecular flexibility index (Phi) is 3.18. The molecule has 2 saturated heterocycles. The highest BCUT2D eigenvalue weighted by Crippen LogP contribution is 2.80. The number of epoxide rings is 1. The highest BCUT2D eigenvalue weighted by molar-refractivity contribution is 6.07. The second-order valence-corrected chi connectivity index (χ2v) is 10.5. The number of hydrogen-bond acceptors (Lipinski definition) is 8. The molecule has 8 nitrogen and oxygen atoms in total. The van der Waals surface area contributed by atoms with Crippen molar-refractivity contribution in [1.29, 1.82) is 0 Å². The molecule has 6 rings (SSSR count). The van der Waals surface area contributed by atoms with Gasteiger partial charge in [0.25, 0.3) is 0 Å². The molecule has 6 aliphatic rings. The van der Waals surface area contributed by atoms with Crippen LogP contribution in [0, 0.1) is 28.6 Å². The van der Waals surface area contributed by atoms with Gasteiger partial charge in [0.05, 0.1) is 19.6 Å². The van der Waals surface area contributed by atoms with Crippen LogP contribution in [0.15, 0.2) is 0 Å². The zero-order chi connectivity index (χ0) is 21.3. The maximum atomic E-state index is 13.3. The summed E-state index contributed by atoms with van der Waals surface area (Å²) in [5, 5.41) is 0. The van der Waals surface area contributed by atoms with Gasteiger partial charge in [-0.05, 0) is 44.4 Å². The van der Waals surface area contributed by atoms with Crippen LogP contribution in [-0.4, -0.2) is 54.2 Å². The van der Waals surface area contributed by atoms with Gasteiger partial charge in [-0.15, -0.1) is 0 Å². The number of ketones is 1. The molecule has 6 fully saturated rings. The van der Waals surface area contributed by atoms with Gasteiger partial charge in [-0.25, -0.2) is 0 Å². The predicted molar refractivity (Wildman–Crippen MR) is 97.7 cm³/mol. The number of rotatable bonds is 2. The van der Waals surface area contributed by atoms with E-state index in [0.717, 1.165) is 0 Å². The van der Waals surface area contributed by atoms with E-state index >= 15 is 0 Å². The highest BCUT2D eigenvalue weighted by Gasteiger charge is 2.89. The molecule has 0 aromatic heterocycles. The van der Waals surface area contributed by atoms with Crippen LogP contribution in [0.25, 0.3) is 0 Å². The Hall–Kier alpha value is -1.96. The third-order valence-electron chi connectivity index (χ3n) is 9.60. The molecule has 0 radical (unpaired) electrons. The van der Waals surface area contributed by atoms with Crippen LogP contribution < -0.4 is 0 Å². The fourth-order valence-corrected chi connectivity index (χ4v) is 8.68. The molecule has 0 unspecified atom stereocenters. The fourth-order valence-electron chi connectivity index (χ4n) is 8.68. The topological polar surface area (TPSA) is 109 Å². The molecular weight excluding hydrogens is 392 g/mol. The van der Waals surface area contributed by atoms with Crippen LogP contribution in [0.3, 0.4) is 0 Å². The van der Waals surface area contributed by atoms with Gasteiger partial charge in [0.15, 0.2) is 5.78 Å². The van der Waals surface area contributed by atoms with Gasteiger partial charge in [-0.2, -0.15) is 0 Å². The van der Waals surface area contributed by atoms with E-state index in [2.05, 4.69) is 0 Å². The monoisotopic (exact) mass is 418 g/mol. The van der Waals surface area contributed by atoms with Crippen LogP contribution in [0.5, 0.6) is 0 Å². The van der Waals surface area contributed by atoms with E-state index in [1.807, 2.05) is 0 Å². The second-order valence-electron chi connectivity index (χ2n) is 10.5. The van der Waals surface area contributed by atoms with Gasteiger partial charge in [-0.1, -0.05) is 0 Å². The van der Waals surface area contributed by atoms with Crippen LogP contribution in [0.4, 0.5) is 0 Å². The number of ether oxygens (including phenoxy) is 4. The summed E-state index contributed by atoms with van der Waals surface area (Å²) < 4.78 is 23.2. The van der Waals surface area contributed by atoms with E-state index in [9.17, 15) is 19.2 Å². The summed E-state index contributed by atoms with van der Waals surface area (Å²) in [5.41, 5.74) is -4.15. The molecule has 4 saturated carbocycles. The van der Waals surface area contributed by atoms with E-state index in [4.69, 9.17) is 18.9 Å². The standard InChI is InChI=1S/C22H26O8/c1-11(23)29-20-6-4-12-19(8-20,9-21(20)10-28-21)14(16(25)27-3)15-18(2)13(24)5-7-22(12,15)30-17(18)26/h12,14-15H,4-10H2,1-3H3/t12-,14-,15-,18+,19-,20+,21-,22-/m1/s1. The van der Waals surface area contributed by atoms with Crippen molar-refractivity contribution in [2.24, 2.45) is 28.6 Å². The normalized spacial score (nSPS) is 54.4. The minimum Gasteiger partial charge on any atom is -0.469 e. The first-order valence-electron chi connectivity index (χ1n) is 10.8. The van der Waals surface area contributed by atoms with Gasteiger partial charge in [0.2, 0.25) is 0 Å². The number of fused-ring (bicyclic) bond motifs is 2. The molecule has 2 spiro atoms. The van der Waals surface area contributed by atoms with E-state index in [1.54, 1.807) is 6.92 Å². The lowest BCUT2D eigenvalue weighted by Crippen LogP contribution is -2.52. The smallest absolute Gasteiger partial charge is 0.320 e. The lowest BCUT2D eigenvalue weighted by atomic mass is 9.59. The molecule has 0 N–H and O–H groups in total. The zero-order valence-electron chi connectivity index (χ0n) is 17.4. The summed E-state index contributed by atoms with van der Waals surface area (Å²) in [5.74, 6) is -2.77. The first kappa shape index (κ1) is 18.8. The maximum absolute atomic E-state index is 13.3. The molecule has 0 aromatic rings. The van der Waals surface area contributed by atoms with Crippen molar-refractivity contribution in [3.8, 4) is 0 Å². The van der Waals surface area contributed by atoms with E-state index in [0.29, 0.717) is 38.7 Å². The summed E-state index contributed by atoms with van der Waals surface area (Å²) in [6.45, 7) is 3.53. The SMILES string of the molecule is COC(=O)[C@H]1[C@@H]2[C@]3(C)C(=O)CC[C@@]2(OC3=O)[C@@H]2CC[C@]3(OC(C)=O)C[C@@]21C[C@@]31CO1. The van der Waals surface area contributed by atoms with E-state index < -0.39 is 51.4 Å². The maximum Gasteiger partial charge on any atom is 0.320 e. The molecule has 8 atom stereocenters. The van der Waals surface area contributed by atoms with Gasteiger partial charge in [0, 0.05) is 25.2 Å². The van der Waals surface area contributed by atoms with Crippen LogP contribution in [-0.2, 0) is 38.1 Å². The van der Waals surface area contributed by atoms with Gasteiger partial charge < -0.3 is 18.9 Å². The van der Waals surface area contributed by atoms with Crippen molar-refractivity contribution >= 4 is 23.7 Å². The summed E-state index contributed by atoms with van der Waals surface area (Å²) in [6, 6.07) is 0. The first-order valence-corrected chi connectivity index (χ1v) is 10.8. The van der Waals surface area contributed by atoms with Crippen molar-refractivity contribution in [3.05, 3.63) is 0 Å². The lowest BCUT2D eigenvalue weighted by Gasteiger charge is -2.46. The third kappa shape index (κ3) is 1.70. The molecule has 0 aromatic carbocycles. The fraction of sp³-hybridized carbons (Fsp3) is 0.818. The largest absolute Gasteiger partial charge is 0.469 e. The molecule has 4 bridgehead atoms. The third-order valence-corrected chi connectivity index (χ3v) is 9.60. The Morgan fingerprint density at radius 1 is 1.17 bits per heavy atom. The number of esters is 3. The zero-order valence-corrected chi connectivity index (χ0v) is 17.4. The average Bonchev–Trinajstić information content (AvgIpc) is 3.34. The minimum absolute atomic E-state index is 0.0924. The summed E-state index contributed by atoms with van der Waals surface area (Å²) in [7, 11) is 1.34. The Labute approximate surface area is 173 Å². The second kappa shape index (κ2) is 5.09. The van der Waals surface area contributed by atoms with Gasteiger partial charge in [0.1, 0.15) is 22.2 Å². The molecule has 8 heteroatoms. The molecule has 2 aliphatic heterocycles. The quantitative estimate of drug-likeness (QED) is 0.286. The molecular formula is C22H26O8. The average molecular weight is 418 g/mol. The van der Waals surface area contributed by atoms with Crippen molar-refractivity contribution in [2.75, 3.05) is 13.7 Å². The van der Waals surface area contributed by atoms with Gasteiger partial charge in [-0.3, -0.25) is 19.2 Å². The van der Waals surface area contributed by atoms with Gasteiger partial charge >= 0.3 is 17.9 Å². The Bertz CT molecular complexity index is 922. The molecule has 30 heavy (non-hydrogen) atoms. The molecule has 0 amide bonds. The predicted octanol–water partition coefficient (Wildman–Crippen LogP) is 1.33. The summed E-state index contributed by atoms with van der Waals surface area (Å²) in [6.07, 6.45) is 2.99. The van der Waals surface area contributed by atoms with Crippen molar-refractivity contribution in [1.82, 2.24) is 0 Å². The Morgan fingerprint density at radius 2 is 1.90 bits per heavy atom. The molecule has 2 heterocycles. The number of hydrogen-bond donors (Lipinski definition) is 0. The summed E-state index contributed by atoms with van der Waals surface area (Å²) >= 11 is 0. The number of Topliss-reactive ketones (excluding diaryl/α,β-unsaturated/α-hetero) is 1. The number of methoxy groups -OCH3 is 1. The van der Waals surface area contributed by atoms with Crippen LogP contribution >= 0.6 is 0 Å². The Balaban J connectivity index is 1.56. The van der Waals surface area contributed by atoms with E-state index in [1.165, 1.54) is 14.0 Å². The van der Waals surface area contributed by atoms with E-state index in [-0.39, 0.29) is 24.1 Å². The number of carbonyl (C=O) groups excluding carboxylic acids is 4. The number of carbonyl (C=O) groups is 4. The highest BCUT2D eigenvalue weighted by atomic mass is 16.6. The molecule has 162 valence electrons.